The average molecular weight is 324 g/mol. The number of ether oxygens (including phenoxy) is 1. The molecule has 0 fully saturated rings. The monoisotopic (exact) mass is 324 g/mol. The Hall–Kier alpha value is -2.99. The highest BCUT2D eigenvalue weighted by molar-refractivity contribution is 6.39. The number of aliphatic imine (C=N–C) groups is 1. The van der Waals surface area contributed by atoms with Crippen molar-refractivity contribution in [3.05, 3.63) is 71.8 Å². The Bertz CT molecular complexity index is 744. The summed E-state index contributed by atoms with van der Waals surface area (Å²) >= 11 is 0. The summed E-state index contributed by atoms with van der Waals surface area (Å²) in [6, 6.07) is 18.1. The van der Waals surface area contributed by atoms with E-state index in [0.717, 1.165) is 5.56 Å². The first-order chi connectivity index (χ1) is 11.7. The van der Waals surface area contributed by atoms with Gasteiger partial charge in [0, 0.05) is 6.42 Å². The van der Waals surface area contributed by atoms with Crippen LogP contribution in [-0.2, 0) is 20.8 Å². The molecule has 6 heteroatoms. The number of nitrogens with one attached hydrogen (secondary N) is 1. The molecule has 1 aliphatic rings. The van der Waals surface area contributed by atoms with Gasteiger partial charge in [-0.25, -0.2) is 9.79 Å². The summed E-state index contributed by atoms with van der Waals surface area (Å²) < 4.78 is 5.48. The van der Waals surface area contributed by atoms with Gasteiger partial charge in [-0.05, 0) is 17.7 Å². The fraction of sp³-hybridized carbons (Fsp3) is 0.167. The van der Waals surface area contributed by atoms with Gasteiger partial charge in [0.15, 0.2) is 6.23 Å². The second-order valence-electron chi connectivity index (χ2n) is 5.22. The Balaban J connectivity index is 1.52. The van der Waals surface area contributed by atoms with Gasteiger partial charge in [0.05, 0.1) is 12.2 Å². The van der Waals surface area contributed by atoms with E-state index in [-0.39, 0.29) is 12.3 Å². The third kappa shape index (κ3) is 4.05. The predicted molar refractivity (Wildman–Crippen MR) is 87.3 cm³/mol. The van der Waals surface area contributed by atoms with Crippen LogP contribution in [0.1, 0.15) is 15.9 Å². The van der Waals surface area contributed by atoms with Crippen molar-refractivity contribution in [1.29, 1.82) is 0 Å². The average Bonchev–Trinajstić information content (AvgIpc) is 3.09. The van der Waals surface area contributed by atoms with Crippen molar-refractivity contribution in [1.82, 2.24) is 5.48 Å². The van der Waals surface area contributed by atoms with E-state index in [0.29, 0.717) is 12.0 Å². The van der Waals surface area contributed by atoms with E-state index in [9.17, 15) is 9.59 Å². The van der Waals surface area contributed by atoms with Crippen molar-refractivity contribution < 1.29 is 19.2 Å². The molecule has 1 atom stereocenters. The SMILES string of the molecule is O=C(NOC(=O)c1ccccc1)C1=NC(Cc2ccccc2)OC1. The number of nitrogens with zero attached hydrogens (tertiary/aromatic N) is 1. The highest BCUT2D eigenvalue weighted by Crippen LogP contribution is 2.12. The molecule has 0 bridgehead atoms. The van der Waals surface area contributed by atoms with Crippen LogP contribution in [0.15, 0.2) is 65.7 Å². The maximum atomic E-state index is 12.0. The Morgan fingerprint density at radius 1 is 1.08 bits per heavy atom. The summed E-state index contributed by atoms with van der Waals surface area (Å²) in [6.07, 6.45) is 0.180. The van der Waals surface area contributed by atoms with Gasteiger partial charge in [0.1, 0.15) is 5.71 Å². The summed E-state index contributed by atoms with van der Waals surface area (Å²) in [4.78, 5) is 32.7. The first kappa shape index (κ1) is 15.9. The van der Waals surface area contributed by atoms with Crippen LogP contribution in [0.4, 0.5) is 0 Å². The van der Waals surface area contributed by atoms with E-state index in [1.807, 2.05) is 30.3 Å². The van der Waals surface area contributed by atoms with Crippen LogP contribution < -0.4 is 5.48 Å². The molecule has 1 aliphatic heterocycles. The third-order valence-corrected chi connectivity index (χ3v) is 3.47. The second kappa shape index (κ2) is 7.52. The van der Waals surface area contributed by atoms with E-state index in [4.69, 9.17) is 9.57 Å². The van der Waals surface area contributed by atoms with Crippen molar-refractivity contribution in [2.75, 3.05) is 6.61 Å². The molecule has 0 spiro atoms. The Morgan fingerprint density at radius 2 is 1.75 bits per heavy atom. The lowest BCUT2D eigenvalue weighted by atomic mass is 10.1. The highest BCUT2D eigenvalue weighted by atomic mass is 16.7. The molecule has 1 amide bonds. The minimum atomic E-state index is -0.635. The first-order valence-electron chi connectivity index (χ1n) is 7.51. The minimum absolute atomic E-state index is 0.0895. The van der Waals surface area contributed by atoms with Gasteiger partial charge in [0.25, 0.3) is 5.91 Å². The van der Waals surface area contributed by atoms with E-state index in [1.165, 1.54) is 0 Å². The van der Waals surface area contributed by atoms with Crippen LogP contribution in [0.2, 0.25) is 0 Å². The number of carbonyl (C=O) groups is 2. The molecule has 24 heavy (non-hydrogen) atoms. The summed E-state index contributed by atoms with van der Waals surface area (Å²) in [6.45, 7) is 0.0895. The lowest BCUT2D eigenvalue weighted by Gasteiger charge is -2.05. The zero-order chi connectivity index (χ0) is 16.8. The van der Waals surface area contributed by atoms with Crippen LogP contribution in [0, 0.1) is 0 Å². The van der Waals surface area contributed by atoms with E-state index in [1.54, 1.807) is 30.3 Å². The number of benzene rings is 2. The van der Waals surface area contributed by atoms with Gasteiger partial charge < -0.3 is 9.57 Å². The number of hydrogen-bond acceptors (Lipinski definition) is 5. The molecule has 0 saturated heterocycles. The predicted octanol–water partition coefficient (Wildman–Crippen LogP) is 1.91. The summed E-state index contributed by atoms with van der Waals surface area (Å²) in [7, 11) is 0. The smallest absolute Gasteiger partial charge is 0.350 e. The zero-order valence-electron chi connectivity index (χ0n) is 12.8. The molecule has 1 heterocycles. The highest BCUT2D eigenvalue weighted by Gasteiger charge is 2.24. The molecule has 122 valence electrons. The van der Waals surface area contributed by atoms with Crippen LogP contribution >= 0.6 is 0 Å². The molecule has 2 aromatic carbocycles. The van der Waals surface area contributed by atoms with Gasteiger partial charge in [-0.15, -0.1) is 0 Å². The number of hydrogen-bond donors (Lipinski definition) is 1. The molecule has 6 nitrogen and oxygen atoms in total. The summed E-state index contributed by atoms with van der Waals surface area (Å²) in [5, 5.41) is 0. The quantitative estimate of drug-likeness (QED) is 0.872. The molecule has 1 unspecified atom stereocenters. The Kier molecular flexibility index (Phi) is 4.98. The third-order valence-electron chi connectivity index (χ3n) is 3.47. The molecule has 2 aromatic rings. The summed E-state index contributed by atoms with van der Waals surface area (Å²) in [5.74, 6) is -1.21. The first-order valence-corrected chi connectivity index (χ1v) is 7.51. The van der Waals surface area contributed by atoms with Crippen molar-refractivity contribution in [3.8, 4) is 0 Å². The van der Waals surface area contributed by atoms with Crippen molar-refractivity contribution in [2.45, 2.75) is 12.6 Å². The lowest BCUT2D eigenvalue weighted by Crippen LogP contribution is -2.33. The molecule has 0 saturated carbocycles. The normalized spacial score (nSPS) is 16.3. The second-order valence-corrected chi connectivity index (χ2v) is 5.22. The van der Waals surface area contributed by atoms with Gasteiger partial charge in [-0.3, -0.25) is 4.79 Å². The van der Waals surface area contributed by atoms with E-state index >= 15 is 0 Å². The fourth-order valence-corrected chi connectivity index (χ4v) is 2.25. The van der Waals surface area contributed by atoms with Crippen molar-refractivity contribution in [3.63, 3.8) is 0 Å². The van der Waals surface area contributed by atoms with Crippen LogP contribution in [-0.4, -0.2) is 30.4 Å². The maximum absolute atomic E-state index is 12.0. The van der Waals surface area contributed by atoms with Gasteiger partial charge in [-0.2, -0.15) is 5.48 Å². The number of carbonyl (C=O) groups excluding carboxylic acids is 2. The standard InChI is InChI=1S/C18H16N2O4/c21-17(20-24-18(22)14-9-5-2-6-10-14)15-12-23-16(19-15)11-13-7-3-1-4-8-13/h1-10,16H,11-12H2,(H,20,21). The number of rotatable bonds is 4. The van der Waals surface area contributed by atoms with Gasteiger partial charge in [0.2, 0.25) is 0 Å². The topological polar surface area (TPSA) is 77.0 Å². The molecule has 3 rings (SSSR count). The molecule has 0 aromatic heterocycles. The minimum Gasteiger partial charge on any atom is -0.350 e. The maximum Gasteiger partial charge on any atom is 0.362 e. The number of hydroxylamine groups is 1. The van der Waals surface area contributed by atoms with Crippen LogP contribution in [0.5, 0.6) is 0 Å². The zero-order valence-corrected chi connectivity index (χ0v) is 12.8. The lowest BCUT2D eigenvalue weighted by molar-refractivity contribution is -0.123. The largest absolute Gasteiger partial charge is 0.362 e. The molecular weight excluding hydrogens is 308 g/mol. The Labute approximate surface area is 139 Å². The van der Waals surface area contributed by atoms with E-state index in [2.05, 4.69) is 10.5 Å². The van der Waals surface area contributed by atoms with E-state index < -0.39 is 18.1 Å². The van der Waals surface area contributed by atoms with Gasteiger partial charge >= 0.3 is 5.97 Å². The molecular formula is C18H16N2O4. The van der Waals surface area contributed by atoms with Crippen LogP contribution in [0.3, 0.4) is 0 Å². The van der Waals surface area contributed by atoms with Crippen LogP contribution in [0.25, 0.3) is 0 Å². The molecule has 1 N–H and O–H groups in total. The molecule has 0 radical (unpaired) electrons. The fourth-order valence-electron chi connectivity index (χ4n) is 2.25. The molecule has 0 aliphatic carbocycles. The Morgan fingerprint density at radius 3 is 2.46 bits per heavy atom. The number of amides is 1. The van der Waals surface area contributed by atoms with Crippen molar-refractivity contribution >= 4 is 17.6 Å². The van der Waals surface area contributed by atoms with Gasteiger partial charge in [-0.1, -0.05) is 48.5 Å². The summed E-state index contributed by atoms with van der Waals surface area (Å²) in [5.41, 5.74) is 3.74. The van der Waals surface area contributed by atoms with Crippen molar-refractivity contribution in [2.24, 2.45) is 4.99 Å².